The summed E-state index contributed by atoms with van der Waals surface area (Å²) in [5, 5.41) is 10.7. The number of H-pyrrole nitrogens is 1. The van der Waals surface area contributed by atoms with Crippen LogP contribution in [0.15, 0.2) is 6.20 Å². The molecule has 1 aliphatic rings. The van der Waals surface area contributed by atoms with Gasteiger partial charge in [0.05, 0.1) is 11.9 Å². The Kier molecular flexibility index (Phi) is 2.36. The van der Waals surface area contributed by atoms with E-state index in [1.807, 2.05) is 6.20 Å². The summed E-state index contributed by atoms with van der Waals surface area (Å²) >= 11 is 0. The van der Waals surface area contributed by atoms with Crippen molar-refractivity contribution in [1.29, 1.82) is 0 Å². The van der Waals surface area contributed by atoms with Gasteiger partial charge in [-0.25, -0.2) is 0 Å². The minimum atomic E-state index is 0.492. The molecule has 3 nitrogen and oxygen atoms in total. The Morgan fingerprint density at radius 2 is 2.46 bits per heavy atom. The Labute approximate surface area is 78.9 Å². The number of hydrogen-bond donors (Lipinski definition) is 2. The molecular weight excluding hydrogens is 162 g/mol. The quantitative estimate of drug-likeness (QED) is 0.726. The molecule has 0 saturated heterocycles. The molecule has 2 rings (SSSR count). The number of hydrogen-bond acceptors (Lipinski definition) is 2. The Balaban J connectivity index is 2.15. The summed E-state index contributed by atoms with van der Waals surface area (Å²) in [6, 6.07) is 1.03. The predicted octanol–water partition coefficient (Wildman–Crippen LogP) is 1.79. The Morgan fingerprint density at radius 3 is 3.23 bits per heavy atom. The van der Waals surface area contributed by atoms with Crippen molar-refractivity contribution in [3.05, 3.63) is 17.5 Å². The van der Waals surface area contributed by atoms with Crippen molar-refractivity contribution in [1.82, 2.24) is 15.5 Å². The molecule has 2 N–H and O–H groups in total. The molecule has 0 fully saturated rings. The van der Waals surface area contributed by atoms with Crippen molar-refractivity contribution >= 4 is 0 Å². The fourth-order valence-corrected chi connectivity index (χ4v) is 2.03. The van der Waals surface area contributed by atoms with E-state index in [0.29, 0.717) is 12.1 Å². The zero-order valence-corrected chi connectivity index (χ0v) is 8.30. The number of aromatic amines is 1. The van der Waals surface area contributed by atoms with Gasteiger partial charge < -0.3 is 5.32 Å². The van der Waals surface area contributed by atoms with E-state index in [1.165, 1.54) is 30.5 Å². The number of aromatic nitrogens is 2. The lowest BCUT2D eigenvalue weighted by atomic mass is 9.93. The van der Waals surface area contributed by atoms with Crippen LogP contribution in [0, 0.1) is 0 Å². The van der Waals surface area contributed by atoms with E-state index in [-0.39, 0.29) is 0 Å². The number of nitrogens with one attached hydrogen (secondary N) is 2. The molecule has 0 aromatic carbocycles. The van der Waals surface area contributed by atoms with E-state index >= 15 is 0 Å². The molecule has 0 spiro atoms. The maximum Gasteiger partial charge on any atom is 0.0553 e. The van der Waals surface area contributed by atoms with Crippen LogP contribution in [0.5, 0.6) is 0 Å². The molecule has 0 radical (unpaired) electrons. The average molecular weight is 179 g/mol. The largest absolute Gasteiger partial charge is 0.306 e. The minimum Gasteiger partial charge on any atom is -0.306 e. The molecular formula is C10H17N3. The van der Waals surface area contributed by atoms with Gasteiger partial charge in [-0.05, 0) is 24.8 Å². The number of rotatable bonds is 2. The van der Waals surface area contributed by atoms with Gasteiger partial charge in [0.2, 0.25) is 0 Å². The topological polar surface area (TPSA) is 40.7 Å². The van der Waals surface area contributed by atoms with Gasteiger partial charge in [-0.2, -0.15) is 5.10 Å². The zero-order chi connectivity index (χ0) is 9.26. The zero-order valence-electron chi connectivity index (χ0n) is 8.30. The van der Waals surface area contributed by atoms with Gasteiger partial charge >= 0.3 is 0 Å². The lowest BCUT2D eigenvalue weighted by molar-refractivity contribution is 0.415. The van der Waals surface area contributed by atoms with Gasteiger partial charge in [-0.3, -0.25) is 5.10 Å². The summed E-state index contributed by atoms with van der Waals surface area (Å²) in [5.41, 5.74) is 2.70. The van der Waals surface area contributed by atoms with Crippen molar-refractivity contribution in [3.63, 3.8) is 0 Å². The summed E-state index contributed by atoms with van der Waals surface area (Å²) in [7, 11) is 0. The van der Waals surface area contributed by atoms with Crippen LogP contribution >= 0.6 is 0 Å². The van der Waals surface area contributed by atoms with Crippen molar-refractivity contribution in [2.24, 2.45) is 0 Å². The van der Waals surface area contributed by atoms with Gasteiger partial charge in [0.1, 0.15) is 0 Å². The predicted molar refractivity (Wildman–Crippen MR) is 52.5 cm³/mol. The van der Waals surface area contributed by atoms with E-state index in [1.54, 1.807) is 0 Å². The molecule has 1 unspecified atom stereocenters. The van der Waals surface area contributed by atoms with Crippen LogP contribution < -0.4 is 5.32 Å². The SMILES string of the molecule is CC(C)NC1CCCc2cn[nH]c21. The van der Waals surface area contributed by atoms with Crippen LogP contribution in [-0.2, 0) is 6.42 Å². The molecule has 0 aliphatic heterocycles. The van der Waals surface area contributed by atoms with Crippen LogP contribution in [0.2, 0.25) is 0 Å². The van der Waals surface area contributed by atoms with Crippen molar-refractivity contribution in [3.8, 4) is 0 Å². The van der Waals surface area contributed by atoms with Gasteiger partial charge in [0.25, 0.3) is 0 Å². The van der Waals surface area contributed by atoms with Gasteiger partial charge in [-0.1, -0.05) is 13.8 Å². The van der Waals surface area contributed by atoms with Crippen molar-refractivity contribution in [2.45, 2.75) is 45.2 Å². The normalized spacial score (nSPS) is 21.9. The molecule has 1 atom stereocenters. The molecule has 1 aliphatic carbocycles. The third kappa shape index (κ3) is 1.75. The van der Waals surface area contributed by atoms with Gasteiger partial charge in [0, 0.05) is 12.1 Å². The van der Waals surface area contributed by atoms with Crippen LogP contribution in [-0.4, -0.2) is 16.2 Å². The van der Waals surface area contributed by atoms with E-state index < -0.39 is 0 Å². The molecule has 1 heterocycles. The highest BCUT2D eigenvalue weighted by atomic mass is 15.1. The number of fused-ring (bicyclic) bond motifs is 1. The average Bonchev–Trinajstić information content (AvgIpc) is 2.51. The third-order valence-electron chi connectivity index (χ3n) is 2.57. The van der Waals surface area contributed by atoms with E-state index in [2.05, 4.69) is 29.4 Å². The highest BCUT2D eigenvalue weighted by molar-refractivity contribution is 5.22. The van der Waals surface area contributed by atoms with Gasteiger partial charge in [0.15, 0.2) is 0 Å². The molecule has 0 bridgehead atoms. The molecule has 1 aromatic rings. The summed E-state index contributed by atoms with van der Waals surface area (Å²) in [6.07, 6.45) is 5.65. The molecule has 72 valence electrons. The standard InChI is InChI=1S/C10H17N3/c1-7(2)12-9-5-3-4-8-6-11-13-10(8)9/h6-7,9,12H,3-5H2,1-2H3,(H,11,13). The van der Waals surface area contributed by atoms with E-state index in [0.717, 1.165) is 0 Å². The lowest BCUT2D eigenvalue weighted by Crippen LogP contribution is -2.30. The smallest absolute Gasteiger partial charge is 0.0553 e. The fourth-order valence-electron chi connectivity index (χ4n) is 2.03. The monoisotopic (exact) mass is 179 g/mol. The first-order chi connectivity index (χ1) is 6.27. The molecule has 3 heteroatoms. The first-order valence-electron chi connectivity index (χ1n) is 5.05. The van der Waals surface area contributed by atoms with Crippen LogP contribution in [0.1, 0.15) is 44.0 Å². The van der Waals surface area contributed by atoms with Crippen LogP contribution in [0.25, 0.3) is 0 Å². The maximum absolute atomic E-state index is 4.10. The minimum absolute atomic E-state index is 0.492. The first kappa shape index (κ1) is 8.75. The first-order valence-corrected chi connectivity index (χ1v) is 5.05. The molecule has 0 saturated carbocycles. The number of nitrogens with zero attached hydrogens (tertiary/aromatic N) is 1. The molecule has 1 aromatic heterocycles. The van der Waals surface area contributed by atoms with Gasteiger partial charge in [-0.15, -0.1) is 0 Å². The second-order valence-electron chi connectivity index (χ2n) is 4.08. The highest BCUT2D eigenvalue weighted by Crippen LogP contribution is 2.27. The van der Waals surface area contributed by atoms with E-state index in [4.69, 9.17) is 0 Å². The highest BCUT2D eigenvalue weighted by Gasteiger charge is 2.21. The third-order valence-corrected chi connectivity index (χ3v) is 2.57. The Morgan fingerprint density at radius 1 is 1.62 bits per heavy atom. The Bertz CT molecular complexity index is 277. The van der Waals surface area contributed by atoms with Crippen LogP contribution in [0.3, 0.4) is 0 Å². The van der Waals surface area contributed by atoms with Crippen LogP contribution in [0.4, 0.5) is 0 Å². The lowest BCUT2D eigenvalue weighted by Gasteiger charge is -2.24. The maximum atomic E-state index is 4.10. The Hall–Kier alpha value is -0.830. The summed E-state index contributed by atoms with van der Waals surface area (Å²) in [4.78, 5) is 0. The summed E-state index contributed by atoms with van der Waals surface area (Å²) < 4.78 is 0. The summed E-state index contributed by atoms with van der Waals surface area (Å²) in [6.45, 7) is 4.37. The van der Waals surface area contributed by atoms with Crippen molar-refractivity contribution in [2.75, 3.05) is 0 Å². The number of aryl methyl sites for hydroxylation is 1. The van der Waals surface area contributed by atoms with Crippen molar-refractivity contribution < 1.29 is 0 Å². The second-order valence-corrected chi connectivity index (χ2v) is 4.08. The second kappa shape index (κ2) is 3.50. The molecule has 13 heavy (non-hydrogen) atoms. The molecule has 0 amide bonds. The van der Waals surface area contributed by atoms with E-state index in [9.17, 15) is 0 Å². The fraction of sp³-hybridized carbons (Fsp3) is 0.700. The summed E-state index contributed by atoms with van der Waals surface area (Å²) in [5.74, 6) is 0.